The first kappa shape index (κ1) is 21.9. The topological polar surface area (TPSA) is 142 Å². The Labute approximate surface area is 186 Å². The van der Waals surface area contributed by atoms with Gasteiger partial charge in [0.05, 0.1) is 22.4 Å². The van der Waals surface area contributed by atoms with Gasteiger partial charge in [-0.1, -0.05) is 17.7 Å². The Hall–Kier alpha value is -3.31. The summed E-state index contributed by atoms with van der Waals surface area (Å²) in [5.41, 5.74) is -3.86. The minimum Gasteiger partial charge on any atom is -0.422 e. The summed E-state index contributed by atoms with van der Waals surface area (Å²) < 4.78 is 16.3. The summed E-state index contributed by atoms with van der Waals surface area (Å²) in [6.45, 7) is 3.73. The van der Waals surface area contributed by atoms with Crippen molar-refractivity contribution in [2.45, 2.75) is 38.3 Å². The molecule has 12 heteroatoms. The second kappa shape index (κ2) is 7.10. The summed E-state index contributed by atoms with van der Waals surface area (Å²) in [6, 6.07) is 3.56. The molecule has 0 saturated carbocycles. The van der Waals surface area contributed by atoms with Crippen LogP contribution in [0, 0.1) is 22.0 Å². The Morgan fingerprint density at radius 1 is 1.16 bits per heavy atom. The molecule has 3 aliphatic rings. The van der Waals surface area contributed by atoms with E-state index >= 15 is 0 Å². The predicted octanol–water partition coefficient (Wildman–Crippen LogP) is 1.90. The molecule has 0 N–H and O–H groups in total. The van der Waals surface area contributed by atoms with Crippen molar-refractivity contribution in [3.8, 4) is 0 Å². The number of esters is 2. The van der Waals surface area contributed by atoms with Crippen LogP contribution in [0.25, 0.3) is 0 Å². The minimum atomic E-state index is -1.78. The zero-order valence-electron chi connectivity index (χ0n) is 17.1. The molecule has 2 amide bonds. The van der Waals surface area contributed by atoms with Gasteiger partial charge in [-0.15, -0.1) is 0 Å². The molecule has 2 fully saturated rings. The Morgan fingerprint density at radius 2 is 1.75 bits per heavy atom. The molecule has 1 aromatic rings. The van der Waals surface area contributed by atoms with E-state index < -0.39 is 63.7 Å². The summed E-state index contributed by atoms with van der Waals surface area (Å²) in [7, 11) is 0. The third kappa shape index (κ3) is 3.00. The maximum Gasteiger partial charge on any atom is 0.305 e. The third-order valence-corrected chi connectivity index (χ3v) is 6.01. The van der Waals surface area contributed by atoms with Gasteiger partial charge in [0.2, 0.25) is 11.8 Å². The summed E-state index contributed by atoms with van der Waals surface area (Å²) in [5, 5.41) is 11.6. The molecule has 0 spiro atoms. The van der Waals surface area contributed by atoms with Crippen molar-refractivity contribution in [2.24, 2.45) is 11.8 Å². The van der Waals surface area contributed by atoms with Gasteiger partial charge in [0.25, 0.3) is 12.0 Å². The van der Waals surface area contributed by atoms with Gasteiger partial charge >= 0.3 is 11.9 Å². The fraction of sp³-hybridized carbons (Fsp3) is 0.400. The Balaban J connectivity index is 1.83. The number of fused-ring (bicyclic) bond motifs is 5. The zero-order valence-corrected chi connectivity index (χ0v) is 17.8. The maximum atomic E-state index is 13.5. The highest BCUT2D eigenvalue weighted by Gasteiger charge is 2.76. The van der Waals surface area contributed by atoms with E-state index in [2.05, 4.69) is 0 Å². The molecule has 11 nitrogen and oxygen atoms in total. The molecule has 4 rings (SSSR count). The molecule has 0 aliphatic carbocycles. The van der Waals surface area contributed by atoms with Crippen molar-refractivity contribution in [1.29, 1.82) is 0 Å². The Bertz CT molecular complexity index is 1100. The van der Waals surface area contributed by atoms with E-state index in [1.807, 2.05) is 0 Å². The van der Waals surface area contributed by atoms with Crippen LogP contribution in [0.4, 0.5) is 11.4 Å². The Morgan fingerprint density at radius 3 is 2.31 bits per heavy atom. The molecule has 32 heavy (non-hydrogen) atoms. The highest BCUT2D eigenvalue weighted by Crippen LogP contribution is 2.60. The number of halogens is 1. The smallest absolute Gasteiger partial charge is 0.305 e. The van der Waals surface area contributed by atoms with Crippen LogP contribution in [-0.4, -0.2) is 46.2 Å². The number of carbonyl (C=O) groups excluding carboxylic acids is 4. The van der Waals surface area contributed by atoms with Gasteiger partial charge in [-0.3, -0.25) is 29.3 Å². The number of hydrogen-bond acceptors (Lipinski definition) is 9. The number of imide groups is 1. The van der Waals surface area contributed by atoms with Crippen LogP contribution >= 0.6 is 11.6 Å². The van der Waals surface area contributed by atoms with Gasteiger partial charge < -0.3 is 14.2 Å². The van der Waals surface area contributed by atoms with Crippen LogP contribution in [0.2, 0.25) is 5.02 Å². The predicted molar refractivity (Wildman–Crippen MR) is 106 cm³/mol. The van der Waals surface area contributed by atoms with Gasteiger partial charge in [0.15, 0.2) is 5.60 Å². The quantitative estimate of drug-likeness (QED) is 0.159. The highest BCUT2D eigenvalue weighted by molar-refractivity contribution is 6.31. The van der Waals surface area contributed by atoms with E-state index in [-0.39, 0.29) is 10.7 Å². The van der Waals surface area contributed by atoms with Crippen LogP contribution < -0.4 is 4.90 Å². The molecule has 0 unspecified atom stereocenters. The lowest BCUT2D eigenvalue weighted by Gasteiger charge is -2.34. The van der Waals surface area contributed by atoms with E-state index in [9.17, 15) is 29.3 Å². The number of nitrogens with zero attached hydrogens (tertiary/aromatic N) is 2. The number of carbonyl (C=O) groups is 4. The van der Waals surface area contributed by atoms with Crippen molar-refractivity contribution in [3.63, 3.8) is 0 Å². The van der Waals surface area contributed by atoms with Crippen molar-refractivity contribution >= 4 is 46.7 Å². The average Bonchev–Trinajstić information content (AvgIpc) is 3.27. The lowest BCUT2D eigenvalue weighted by atomic mass is 9.72. The highest BCUT2D eigenvalue weighted by atomic mass is 35.5. The first-order valence-electron chi connectivity index (χ1n) is 9.48. The molecule has 3 aliphatic heterocycles. The molecule has 168 valence electrons. The number of anilines is 1. The molecule has 0 aromatic heterocycles. The van der Waals surface area contributed by atoms with Crippen LogP contribution in [0.5, 0.6) is 0 Å². The fourth-order valence-electron chi connectivity index (χ4n) is 4.63. The van der Waals surface area contributed by atoms with Crippen LogP contribution in [0.15, 0.2) is 30.4 Å². The molecule has 3 heterocycles. The second-order valence-corrected chi connectivity index (χ2v) is 8.32. The van der Waals surface area contributed by atoms with E-state index in [4.69, 9.17) is 25.8 Å². The van der Waals surface area contributed by atoms with Gasteiger partial charge in [-0.2, -0.15) is 0 Å². The zero-order chi connectivity index (χ0) is 23.6. The normalized spacial score (nSPS) is 30.1. The van der Waals surface area contributed by atoms with E-state index in [0.29, 0.717) is 4.90 Å². The first-order chi connectivity index (χ1) is 14.9. The number of nitro groups is 1. The summed E-state index contributed by atoms with van der Waals surface area (Å²) in [4.78, 5) is 61.8. The molecule has 0 radical (unpaired) electrons. The van der Waals surface area contributed by atoms with E-state index in [1.54, 1.807) is 6.92 Å². The minimum absolute atomic E-state index is 0.0537. The number of benzene rings is 1. The van der Waals surface area contributed by atoms with Gasteiger partial charge in [-0.25, -0.2) is 4.90 Å². The molecular weight excluding hydrogens is 448 g/mol. The van der Waals surface area contributed by atoms with Gasteiger partial charge in [0, 0.05) is 24.9 Å². The van der Waals surface area contributed by atoms with Crippen molar-refractivity contribution < 1.29 is 38.3 Å². The van der Waals surface area contributed by atoms with Gasteiger partial charge in [-0.05, 0) is 25.1 Å². The molecule has 2 saturated heterocycles. The molecule has 1 aromatic carbocycles. The summed E-state index contributed by atoms with van der Waals surface area (Å²) >= 11 is 5.86. The van der Waals surface area contributed by atoms with E-state index in [1.165, 1.54) is 24.3 Å². The number of ether oxygens (including phenoxy) is 3. The molecule has 2 bridgehead atoms. The van der Waals surface area contributed by atoms with Crippen LogP contribution in [-0.2, 0) is 33.4 Å². The second-order valence-electron chi connectivity index (χ2n) is 7.88. The standard InChI is InChI=1S/C20H17ClN2O9/c1-9(24)30-18(31-10(2)25)20-7-6-19(3,32-20)14-15(20)17(27)22(16(14)26)12-5-4-11(21)8-13(12)23(28)29/h4-8,14-15,18H,1-3H3/t14-,15-,19+,20-/m0/s1. The molecule has 4 atom stereocenters. The lowest BCUT2D eigenvalue weighted by molar-refractivity contribution is -0.384. The lowest BCUT2D eigenvalue weighted by Crippen LogP contribution is -2.52. The average molecular weight is 465 g/mol. The largest absolute Gasteiger partial charge is 0.422 e. The third-order valence-electron chi connectivity index (χ3n) is 5.77. The van der Waals surface area contributed by atoms with Crippen molar-refractivity contribution in [2.75, 3.05) is 4.90 Å². The number of hydrogen-bond donors (Lipinski definition) is 0. The fourth-order valence-corrected chi connectivity index (χ4v) is 4.80. The van der Waals surface area contributed by atoms with Crippen LogP contribution in [0.1, 0.15) is 20.8 Å². The number of rotatable bonds is 5. The number of nitro benzene ring substituents is 1. The SMILES string of the molecule is CC(=O)OC(OC(C)=O)[C@@]12C=C[C@@](C)(O1)[C@@H]1C(=O)N(c3ccc(Cl)cc3[N+](=O)[O-])C(=O)[C@H]12. The van der Waals surface area contributed by atoms with Crippen molar-refractivity contribution in [3.05, 3.63) is 45.5 Å². The van der Waals surface area contributed by atoms with Crippen molar-refractivity contribution in [1.82, 2.24) is 0 Å². The Kier molecular flexibility index (Phi) is 4.86. The van der Waals surface area contributed by atoms with Crippen LogP contribution in [0.3, 0.4) is 0 Å². The first-order valence-corrected chi connectivity index (χ1v) is 9.86. The summed E-state index contributed by atoms with van der Waals surface area (Å²) in [6.07, 6.45) is 1.30. The molecular formula is C20H17ClN2O9. The number of amides is 2. The maximum absolute atomic E-state index is 13.5. The monoisotopic (exact) mass is 464 g/mol. The van der Waals surface area contributed by atoms with E-state index in [0.717, 1.165) is 19.9 Å². The summed E-state index contributed by atoms with van der Waals surface area (Å²) in [5.74, 6) is -5.51. The van der Waals surface area contributed by atoms with Gasteiger partial charge in [0.1, 0.15) is 5.69 Å².